The first-order valence-electron chi connectivity index (χ1n) is 13.3. The van der Waals surface area contributed by atoms with E-state index in [4.69, 9.17) is 25.2 Å². The summed E-state index contributed by atoms with van der Waals surface area (Å²) in [6.07, 6.45) is 9.58. The van der Waals surface area contributed by atoms with Crippen LogP contribution in [0.4, 0.5) is 0 Å². The van der Waals surface area contributed by atoms with Gasteiger partial charge in [0.1, 0.15) is 31.5 Å². The molecule has 0 aromatic carbocycles. The summed E-state index contributed by atoms with van der Waals surface area (Å²) in [7, 11) is 0. The molecular formula is C26H50O10. The molecule has 3 atom stereocenters. The Labute approximate surface area is 216 Å². The molecule has 0 aliphatic heterocycles. The van der Waals surface area contributed by atoms with Crippen LogP contribution in [-0.4, -0.2) is 83.1 Å². The summed E-state index contributed by atoms with van der Waals surface area (Å²) in [5.74, 6) is -1.40. The van der Waals surface area contributed by atoms with E-state index in [-0.39, 0.29) is 38.1 Å². The Balaban J connectivity index is 0. The Morgan fingerprint density at radius 3 is 1.56 bits per heavy atom. The SMILES string of the molecule is CCCCCCCC(=O)OC(CC)CCCCC.O=C(CCC(=O)OCC(O)CO)OCC(O)CO. The highest BCUT2D eigenvalue weighted by Gasteiger charge is 2.13. The van der Waals surface area contributed by atoms with Crippen LogP contribution in [0, 0.1) is 0 Å². The van der Waals surface area contributed by atoms with Crippen molar-refractivity contribution >= 4 is 17.9 Å². The van der Waals surface area contributed by atoms with Crippen LogP contribution in [0.5, 0.6) is 0 Å². The molecule has 0 radical (unpaired) electrons. The van der Waals surface area contributed by atoms with Crippen molar-refractivity contribution in [3.05, 3.63) is 0 Å². The van der Waals surface area contributed by atoms with E-state index in [1.165, 1.54) is 38.5 Å². The summed E-state index contributed by atoms with van der Waals surface area (Å²) < 4.78 is 14.6. The van der Waals surface area contributed by atoms with E-state index in [1.807, 2.05) is 0 Å². The summed E-state index contributed by atoms with van der Waals surface area (Å²) >= 11 is 0. The summed E-state index contributed by atoms with van der Waals surface area (Å²) in [5, 5.41) is 34.7. The van der Waals surface area contributed by atoms with Gasteiger partial charge < -0.3 is 34.6 Å². The van der Waals surface area contributed by atoms with Gasteiger partial charge >= 0.3 is 17.9 Å². The van der Waals surface area contributed by atoms with Gasteiger partial charge in [-0.1, -0.05) is 59.3 Å². The highest BCUT2D eigenvalue weighted by molar-refractivity contribution is 5.77. The van der Waals surface area contributed by atoms with Crippen LogP contribution >= 0.6 is 0 Å². The topological polar surface area (TPSA) is 160 Å². The molecule has 0 saturated heterocycles. The molecule has 0 aromatic heterocycles. The smallest absolute Gasteiger partial charge is 0.306 e. The summed E-state index contributed by atoms with van der Waals surface area (Å²) in [5.41, 5.74) is 0. The zero-order valence-electron chi connectivity index (χ0n) is 22.5. The minimum atomic E-state index is -1.14. The standard InChI is InChI=1S/C16H32O2.C10H18O8/c1-4-7-9-10-12-14-16(17)18-15(6-3)13-11-8-5-2;11-3-7(13)5-17-9(15)1-2-10(16)18-6-8(14)4-12/h15H,4-14H2,1-3H3;7-8,11-14H,1-6H2. The zero-order valence-corrected chi connectivity index (χ0v) is 22.5. The van der Waals surface area contributed by atoms with Gasteiger partial charge in [0.25, 0.3) is 0 Å². The van der Waals surface area contributed by atoms with Gasteiger partial charge in [-0.15, -0.1) is 0 Å². The van der Waals surface area contributed by atoms with Crippen LogP contribution < -0.4 is 0 Å². The number of aliphatic hydroxyl groups excluding tert-OH is 4. The molecule has 0 bridgehead atoms. The normalized spacial score (nSPS) is 13.1. The van der Waals surface area contributed by atoms with Gasteiger partial charge in [0.2, 0.25) is 0 Å². The molecule has 0 aromatic rings. The average Bonchev–Trinajstić information content (AvgIpc) is 2.88. The molecular weight excluding hydrogens is 472 g/mol. The van der Waals surface area contributed by atoms with E-state index >= 15 is 0 Å². The highest BCUT2D eigenvalue weighted by atomic mass is 16.6. The summed E-state index contributed by atoms with van der Waals surface area (Å²) in [6.45, 7) is 4.79. The third-order valence-electron chi connectivity index (χ3n) is 5.20. The number of carbonyl (C=O) groups is 3. The Hall–Kier alpha value is -1.75. The molecule has 0 saturated carbocycles. The molecule has 10 heteroatoms. The lowest BCUT2D eigenvalue weighted by molar-refractivity contribution is -0.154. The van der Waals surface area contributed by atoms with Gasteiger partial charge in [0.05, 0.1) is 26.1 Å². The molecule has 0 spiro atoms. The van der Waals surface area contributed by atoms with Crippen LogP contribution in [0.25, 0.3) is 0 Å². The minimum Gasteiger partial charge on any atom is -0.463 e. The molecule has 36 heavy (non-hydrogen) atoms. The van der Waals surface area contributed by atoms with E-state index in [0.29, 0.717) is 6.42 Å². The van der Waals surface area contributed by atoms with Crippen molar-refractivity contribution in [1.82, 2.24) is 0 Å². The maximum Gasteiger partial charge on any atom is 0.306 e. The van der Waals surface area contributed by atoms with Crippen molar-refractivity contribution < 1.29 is 49.0 Å². The second-order valence-electron chi connectivity index (χ2n) is 8.72. The quantitative estimate of drug-likeness (QED) is 0.100. The molecule has 0 heterocycles. The Kier molecular flexibility index (Phi) is 26.6. The fourth-order valence-electron chi connectivity index (χ4n) is 2.92. The monoisotopic (exact) mass is 522 g/mol. The van der Waals surface area contributed by atoms with Gasteiger partial charge in [0.15, 0.2) is 0 Å². The second-order valence-corrected chi connectivity index (χ2v) is 8.72. The van der Waals surface area contributed by atoms with Crippen LogP contribution in [0.1, 0.15) is 104 Å². The van der Waals surface area contributed by atoms with Gasteiger partial charge in [0, 0.05) is 6.42 Å². The van der Waals surface area contributed by atoms with Crippen LogP contribution in [0.2, 0.25) is 0 Å². The third kappa shape index (κ3) is 25.3. The zero-order chi connectivity index (χ0) is 27.6. The fourth-order valence-corrected chi connectivity index (χ4v) is 2.92. The fraction of sp³-hybridized carbons (Fsp3) is 0.885. The summed E-state index contributed by atoms with van der Waals surface area (Å²) in [4.78, 5) is 33.8. The molecule has 4 N–H and O–H groups in total. The number of hydrogen-bond donors (Lipinski definition) is 4. The third-order valence-corrected chi connectivity index (χ3v) is 5.20. The predicted octanol–water partition coefficient (Wildman–Crippen LogP) is 2.81. The lowest BCUT2D eigenvalue weighted by Gasteiger charge is -2.16. The molecule has 3 unspecified atom stereocenters. The number of unbranched alkanes of at least 4 members (excludes halogenated alkanes) is 6. The van der Waals surface area contributed by atoms with Crippen molar-refractivity contribution in [1.29, 1.82) is 0 Å². The predicted molar refractivity (Wildman–Crippen MR) is 135 cm³/mol. The molecule has 0 amide bonds. The maximum absolute atomic E-state index is 11.7. The van der Waals surface area contributed by atoms with E-state index < -0.39 is 37.4 Å². The number of carbonyl (C=O) groups excluding carboxylic acids is 3. The summed E-state index contributed by atoms with van der Waals surface area (Å²) in [6, 6.07) is 0. The van der Waals surface area contributed by atoms with E-state index in [2.05, 4.69) is 30.2 Å². The first kappa shape index (κ1) is 36.4. The largest absolute Gasteiger partial charge is 0.463 e. The number of aliphatic hydroxyl groups is 4. The van der Waals surface area contributed by atoms with Crippen molar-refractivity contribution in [3.63, 3.8) is 0 Å². The first-order chi connectivity index (χ1) is 17.2. The molecule has 0 aliphatic rings. The van der Waals surface area contributed by atoms with Gasteiger partial charge in [-0.25, -0.2) is 0 Å². The lowest BCUT2D eigenvalue weighted by Crippen LogP contribution is -2.23. The minimum absolute atomic E-state index is 0.00912. The average molecular weight is 523 g/mol. The van der Waals surface area contributed by atoms with Crippen LogP contribution in [0.15, 0.2) is 0 Å². The van der Waals surface area contributed by atoms with Crippen molar-refractivity contribution in [2.24, 2.45) is 0 Å². The Morgan fingerprint density at radius 2 is 1.11 bits per heavy atom. The molecule has 10 nitrogen and oxygen atoms in total. The number of rotatable bonds is 21. The first-order valence-corrected chi connectivity index (χ1v) is 13.3. The van der Waals surface area contributed by atoms with E-state index in [1.54, 1.807) is 0 Å². The van der Waals surface area contributed by atoms with E-state index in [9.17, 15) is 14.4 Å². The molecule has 0 rings (SSSR count). The number of ether oxygens (including phenoxy) is 3. The molecule has 0 aliphatic carbocycles. The van der Waals surface area contributed by atoms with E-state index in [0.717, 1.165) is 25.7 Å². The van der Waals surface area contributed by atoms with Gasteiger partial charge in [-0.05, 0) is 25.7 Å². The van der Waals surface area contributed by atoms with Crippen LogP contribution in [0.3, 0.4) is 0 Å². The van der Waals surface area contributed by atoms with Gasteiger partial charge in [-0.2, -0.15) is 0 Å². The number of hydrogen-bond acceptors (Lipinski definition) is 10. The van der Waals surface area contributed by atoms with Crippen molar-refractivity contribution in [3.8, 4) is 0 Å². The molecule has 0 fully saturated rings. The molecule has 214 valence electrons. The van der Waals surface area contributed by atoms with Crippen molar-refractivity contribution in [2.75, 3.05) is 26.4 Å². The highest BCUT2D eigenvalue weighted by Crippen LogP contribution is 2.12. The van der Waals surface area contributed by atoms with Crippen molar-refractivity contribution in [2.45, 2.75) is 123 Å². The Bertz CT molecular complexity index is 515. The maximum atomic E-state index is 11.7. The van der Waals surface area contributed by atoms with Crippen LogP contribution in [-0.2, 0) is 28.6 Å². The Morgan fingerprint density at radius 1 is 0.639 bits per heavy atom. The second kappa shape index (κ2) is 26.3. The number of esters is 3. The van der Waals surface area contributed by atoms with Gasteiger partial charge in [-0.3, -0.25) is 14.4 Å². The lowest BCUT2D eigenvalue weighted by atomic mass is 10.1.